The van der Waals surface area contributed by atoms with Gasteiger partial charge in [-0.15, -0.1) is 5.10 Å². The summed E-state index contributed by atoms with van der Waals surface area (Å²) in [6.45, 7) is 6.21. The molecule has 0 bridgehead atoms. The molecular formula is C20H21N7O3S. The van der Waals surface area contributed by atoms with Crippen molar-refractivity contribution in [2.45, 2.75) is 39.5 Å². The number of imidazole rings is 1. The van der Waals surface area contributed by atoms with E-state index in [2.05, 4.69) is 40.3 Å². The predicted molar refractivity (Wildman–Crippen MR) is 112 cm³/mol. The molecule has 1 aliphatic carbocycles. The smallest absolute Gasteiger partial charge is 0.335 e. The fourth-order valence-electron chi connectivity index (χ4n) is 3.56. The van der Waals surface area contributed by atoms with Crippen molar-refractivity contribution < 1.29 is 12.9 Å². The fourth-order valence-corrected chi connectivity index (χ4v) is 3.56. The number of aryl methyl sites for hydroxylation is 3. The van der Waals surface area contributed by atoms with E-state index in [-0.39, 0.29) is 0 Å². The summed E-state index contributed by atoms with van der Waals surface area (Å²) in [6.07, 6.45) is 3.72. The number of hydrogen-bond acceptors (Lipinski definition) is 9. The maximum Gasteiger partial charge on any atom is 0.335 e. The molecule has 11 heteroatoms. The van der Waals surface area contributed by atoms with Crippen LogP contribution in [0.4, 0.5) is 0 Å². The quantitative estimate of drug-likeness (QED) is 0.471. The summed E-state index contributed by atoms with van der Waals surface area (Å²) in [4.78, 5) is 14.0. The largest absolute Gasteiger partial charge is 0.339 e. The predicted octanol–water partition coefficient (Wildman–Crippen LogP) is 2.80. The van der Waals surface area contributed by atoms with Gasteiger partial charge in [0.25, 0.3) is 0 Å². The molecule has 4 heterocycles. The molecule has 2 atom stereocenters. The van der Waals surface area contributed by atoms with E-state index >= 15 is 0 Å². The van der Waals surface area contributed by atoms with Crippen LogP contribution in [0.2, 0.25) is 0 Å². The molecule has 10 nitrogen and oxygen atoms in total. The highest BCUT2D eigenvalue weighted by molar-refractivity contribution is 7.51. The molecule has 0 amide bonds. The first-order valence-corrected chi connectivity index (χ1v) is 10.5. The summed E-state index contributed by atoms with van der Waals surface area (Å²) >= 11 is -0.750. The summed E-state index contributed by atoms with van der Waals surface area (Å²) in [5.74, 6) is 3.13. The zero-order chi connectivity index (χ0) is 22.1. The van der Waals surface area contributed by atoms with E-state index < -0.39 is 11.6 Å². The van der Waals surface area contributed by atoms with E-state index in [0.29, 0.717) is 17.7 Å². The normalized spacial score (nSPS) is 17.3. The maximum absolute atomic E-state index is 8.29. The molecule has 0 spiro atoms. The van der Waals surface area contributed by atoms with Crippen LogP contribution in [0.15, 0.2) is 22.9 Å². The van der Waals surface area contributed by atoms with Gasteiger partial charge in [-0.1, -0.05) is 19.0 Å². The van der Waals surface area contributed by atoms with Crippen molar-refractivity contribution in [3.8, 4) is 22.9 Å². The number of fused-ring (bicyclic) bond motifs is 1. The molecule has 2 unspecified atom stereocenters. The van der Waals surface area contributed by atoms with Gasteiger partial charge in [-0.3, -0.25) is 4.98 Å². The van der Waals surface area contributed by atoms with Gasteiger partial charge in [-0.05, 0) is 43.4 Å². The Kier molecular flexibility index (Phi) is 5.68. The number of nitrogens with zero attached hydrogens (tertiary/aromatic N) is 7. The Morgan fingerprint density at radius 2 is 1.97 bits per heavy atom. The van der Waals surface area contributed by atoms with E-state index in [9.17, 15) is 0 Å². The van der Waals surface area contributed by atoms with Gasteiger partial charge in [0, 0.05) is 24.7 Å². The summed E-state index contributed by atoms with van der Waals surface area (Å²) < 4.78 is 24.0. The highest BCUT2D eigenvalue weighted by atomic mass is 32.1. The van der Waals surface area contributed by atoms with Crippen molar-refractivity contribution in [2.75, 3.05) is 0 Å². The van der Waals surface area contributed by atoms with Crippen LogP contribution >= 0.6 is 0 Å². The number of rotatable bonds is 4. The highest BCUT2D eigenvalue weighted by Crippen LogP contribution is 2.46. The van der Waals surface area contributed by atoms with Crippen LogP contribution < -0.4 is 0 Å². The molecular weight excluding hydrogens is 418 g/mol. The number of pyridine rings is 1. The fraction of sp³-hybridized carbons (Fsp3) is 0.400. The monoisotopic (exact) mass is 439 g/mol. The third-order valence-corrected chi connectivity index (χ3v) is 5.42. The first-order chi connectivity index (χ1) is 15.0. The standard InChI is InChI=1S/C20H21N7O.O2S/c1-5-12-8-13(17-23-20(28-26-17)14-6-10(14)2)9-21-16(12)19-22-15-7-11(3)24-25-18(15)27(19)4;1-3-2/h7-10,14H,5-6H2,1-4H3;. The lowest BCUT2D eigenvalue weighted by atomic mass is 10.1. The van der Waals surface area contributed by atoms with Crippen LogP contribution in [-0.2, 0) is 25.0 Å². The SMILES string of the molecule is CCc1cc(-c2noc(C3CC3C)n2)cnc1-c1nc2cc(C)nnc2n1C.O=S=O. The van der Waals surface area contributed by atoms with Crippen LogP contribution in [-0.4, -0.2) is 43.3 Å². The van der Waals surface area contributed by atoms with Gasteiger partial charge in [-0.25, -0.2) is 4.98 Å². The van der Waals surface area contributed by atoms with E-state index in [1.165, 1.54) is 0 Å². The molecule has 4 aromatic heterocycles. The van der Waals surface area contributed by atoms with Crippen LogP contribution in [0.5, 0.6) is 0 Å². The molecule has 0 aliphatic heterocycles. The first kappa shape index (κ1) is 20.9. The minimum absolute atomic E-state index is 0.406. The third-order valence-electron chi connectivity index (χ3n) is 5.42. The molecule has 5 rings (SSSR count). The molecule has 1 saturated carbocycles. The Morgan fingerprint density at radius 1 is 1.23 bits per heavy atom. The zero-order valence-electron chi connectivity index (χ0n) is 17.6. The summed E-state index contributed by atoms with van der Waals surface area (Å²) in [5.41, 5.74) is 5.18. The van der Waals surface area contributed by atoms with Crippen molar-refractivity contribution in [3.05, 3.63) is 35.5 Å². The van der Waals surface area contributed by atoms with Gasteiger partial charge in [0.1, 0.15) is 11.2 Å². The Labute approximate surface area is 181 Å². The van der Waals surface area contributed by atoms with E-state index in [0.717, 1.165) is 58.2 Å². The number of hydrogen-bond donors (Lipinski definition) is 0. The van der Waals surface area contributed by atoms with Gasteiger partial charge >= 0.3 is 11.6 Å². The van der Waals surface area contributed by atoms with Crippen molar-refractivity contribution >= 4 is 22.7 Å². The lowest BCUT2D eigenvalue weighted by Gasteiger charge is -2.08. The zero-order valence-corrected chi connectivity index (χ0v) is 18.4. The van der Waals surface area contributed by atoms with Gasteiger partial charge < -0.3 is 9.09 Å². The van der Waals surface area contributed by atoms with Crippen molar-refractivity contribution in [2.24, 2.45) is 13.0 Å². The maximum atomic E-state index is 8.29. The highest BCUT2D eigenvalue weighted by Gasteiger charge is 2.39. The average Bonchev–Trinajstić information content (AvgIpc) is 3.16. The Hall–Kier alpha value is -3.34. The second-order valence-corrected chi connectivity index (χ2v) is 7.75. The molecule has 1 fully saturated rings. The molecule has 0 N–H and O–H groups in total. The third kappa shape index (κ3) is 4.00. The van der Waals surface area contributed by atoms with Crippen LogP contribution in [0.1, 0.15) is 43.3 Å². The molecule has 1 aliphatic rings. The van der Waals surface area contributed by atoms with Crippen molar-refractivity contribution in [3.63, 3.8) is 0 Å². The van der Waals surface area contributed by atoms with Crippen LogP contribution in [0.3, 0.4) is 0 Å². The molecule has 160 valence electrons. The molecule has 0 aromatic carbocycles. The average molecular weight is 440 g/mol. The Bertz CT molecular complexity index is 1290. The van der Waals surface area contributed by atoms with Gasteiger partial charge in [0.05, 0.1) is 5.69 Å². The summed E-state index contributed by atoms with van der Waals surface area (Å²) in [5, 5.41) is 12.6. The minimum Gasteiger partial charge on any atom is -0.339 e. The van der Waals surface area contributed by atoms with E-state index in [1.807, 2.05) is 24.6 Å². The second kappa shape index (κ2) is 8.42. The van der Waals surface area contributed by atoms with Gasteiger partial charge in [-0.2, -0.15) is 18.5 Å². The van der Waals surface area contributed by atoms with Crippen molar-refractivity contribution in [1.29, 1.82) is 0 Å². The van der Waals surface area contributed by atoms with Crippen LogP contribution in [0, 0.1) is 12.8 Å². The molecule has 31 heavy (non-hydrogen) atoms. The minimum atomic E-state index is -0.750. The number of aromatic nitrogens is 7. The van der Waals surface area contributed by atoms with E-state index in [4.69, 9.17) is 22.9 Å². The van der Waals surface area contributed by atoms with Crippen LogP contribution in [0.25, 0.3) is 34.1 Å². The first-order valence-electron chi connectivity index (χ1n) is 9.88. The van der Waals surface area contributed by atoms with E-state index in [1.54, 1.807) is 6.20 Å². The summed E-state index contributed by atoms with van der Waals surface area (Å²) in [6, 6.07) is 4.01. The topological polar surface area (TPSA) is 130 Å². The lowest BCUT2D eigenvalue weighted by Crippen LogP contribution is -2.01. The molecule has 0 saturated heterocycles. The molecule has 4 aromatic rings. The Balaban J connectivity index is 0.000000730. The molecule has 0 radical (unpaired) electrons. The van der Waals surface area contributed by atoms with Gasteiger partial charge in [0.2, 0.25) is 11.7 Å². The lowest BCUT2D eigenvalue weighted by molar-refractivity contribution is 0.377. The van der Waals surface area contributed by atoms with Crippen molar-refractivity contribution in [1.82, 2.24) is 34.9 Å². The van der Waals surface area contributed by atoms with Gasteiger partial charge in [0.15, 0.2) is 11.5 Å². The summed E-state index contributed by atoms with van der Waals surface area (Å²) in [7, 11) is 1.94. The second-order valence-electron chi connectivity index (χ2n) is 7.62. The Morgan fingerprint density at radius 3 is 2.65 bits per heavy atom.